The lowest BCUT2D eigenvalue weighted by molar-refractivity contribution is 0.256. The molecule has 0 atom stereocenters. The summed E-state index contributed by atoms with van der Waals surface area (Å²) in [6, 6.07) is 4.60. The van der Waals surface area contributed by atoms with Gasteiger partial charge in [0.05, 0.1) is 13.7 Å². The first-order valence-electron chi connectivity index (χ1n) is 6.47. The molecule has 20 heavy (non-hydrogen) atoms. The molecule has 0 bridgehead atoms. The van der Waals surface area contributed by atoms with Crippen molar-refractivity contribution in [3.05, 3.63) is 23.8 Å². The monoisotopic (exact) mass is 301 g/mol. The summed E-state index contributed by atoms with van der Waals surface area (Å²) in [4.78, 5) is 0.112. The Morgan fingerprint density at radius 2 is 1.95 bits per heavy atom. The Morgan fingerprint density at radius 1 is 1.35 bits per heavy atom. The Bertz CT molecular complexity index is 567. The van der Waals surface area contributed by atoms with Crippen LogP contribution in [0.15, 0.2) is 23.1 Å². The summed E-state index contributed by atoms with van der Waals surface area (Å²) in [6.07, 6.45) is 0.694. The van der Waals surface area contributed by atoms with Crippen molar-refractivity contribution < 1.29 is 18.3 Å². The van der Waals surface area contributed by atoms with Crippen LogP contribution in [0.4, 0.5) is 0 Å². The van der Waals surface area contributed by atoms with Crippen molar-refractivity contribution in [1.29, 1.82) is 0 Å². The van der Waals surface area contributed by atoms with Crippen LogP contribution in [0.2, 0.25) is 0 Å². The van der Waals surface area contributed by atoms with Gasteiger partial charge in [0.2, 0.25) is 10.0 Å². The maximum Gasteiger partial charge on any atom is 0.246 e. The number of hydrogen-bond acceptors (Lipinski definition) is 4. The number of benzene rings is 1. The van der Waals surface area contributed by atoms with E-state index in [1.54, 1.807) is 19.2 Å². The summed E-state index contributed by atoms with van der Waals surface area (Å²) < 4.78 is 31.9. The second kappa shape index (κ2) is 6.11. The quantitative estimate of drug-likeness (QED) is 0.872. The van der Waals surface area contributed by atoms with Gasteiger partial charge in [-0.1, -0.05) is 13.0 Å². The van der Waals surface area contributed by atoms with E-state index in [0.717, 1.165) is 0 Å². The van der Waals surface area contributed by atoms with Gasteiger partial charge in [0.15, 0.2) is 0 Å². The topological polar surface area (TPSA) is 66.8 Å². The molecule has 0 unspecified atom stereocenters. The molecule has 6 heteroatoms. The van der Waals surface area contributed by atoms with E-state index in [1.165, 1.54) is 17.5 Å². The van der Waals surface area contributed by atoms with Crippen LogP contribution in [0.1, 0.15) is 32.8 Å². The van der Waals surface area contributed by atoms with Crippen molar-refractivity contribution in [3.63, 3.8) is 0 Å². The van der Waals surface area contributed by atoms with Crippen molar-refractivity contribution in [2.45, 2.75) is 44.2 Å². The molecule has 1 N–H and O–H groups in total. The van der Waals surface area contributed by atoms with Crippen molar-refractivity contribution in [3.8, 4) is 5.75 Å². The second-order valence-electron chi connectivity index (χ2n) is 5.28. The van der Waals surface area contributed by atoms with Crippen LogP contribution in [0.5, 0.6) is 5.75 Å². The van der Waals surface area contributed by atoms with Crippen molar-refractivity contribution in [2.75, 3.05) is 14.2 Å². The molecule has 0 fully saturated rings. The van der Waals surface area contributed by atoms with E-state index in [9.17, 15) is 8.42 Å². The third-order valence-corrected chi connectivity index (χ3v) is 5.88. The number of sulfonamides is 1. The smallest absolute Gasteiger partial charge is 0.246 e. The van der Waals surface area contributed by atoms with E-state index in [0.29, 0.717) is 12.0 Å². The van der Waals surface area contributed by atoms with Gasteiger partial charge < -0.3 is 9.84 Å². The van der Waals surface area contributed by atoms with Gasteiger partial charge >= 0.3 is 0 Å². The number of methoxy groups -OCH3 is 1. The minimum atomic E-state index is -3.65. The zero-order chi connectivity index (χ0) is 15.6. The Morgan fingerprint density at radius 3 is 2.40 bits per heavy atom. The number of hydrogen-bond donors (Lipinski definition) is 1. The van der Waals surface area contributed by atoms with Crippen LogP contribution < -0.4 is 4.74 Å². The van der Waals surface area contributed by atoms with Crippen LogP contribution in [-0.2, 0) is 16.6 Å². The average Bonchev–Trinajstić information content (AvgIpc) is 2.45. The molecular weight excluding hydrogens is 278 g/mol. The molecule has 0 saturated heterocycles. The van der Waals surface area contributed by atoms with Gasteiger partial charge in [-0.2, -0.15) is 4.31 Å². The molecule has 1 aromatic carbocycles. The Hall–Kier alpha value is -1.11. The van der Waals surface area contributed by atoms with Crippen LogP contribution in [0, 0.1) is 0 Å². The minimum Gasteiger partial charge on any atom is -0.495 e. The van der Waals surface area contributed by atoms with Crippen LogP contribution in [0.3, 0.4) is 0 Å². The van der Waals surface area contributed by atoms with E-state index in [2.05, 4.69) is 0 Å². The third-order valence-electron chi connectivity index (χ3n) is 3.77. The molecule has 0 aliphatic rings. The van der Waals surface area contributed by atoms with E-state index >= 15 is 0 Å². The van der Waals surface area contributed by atoms with E-state index in [4.69, 9.17) is 9.84 Å². The van der Waals surface area contributed by atoms with Gasteiger partial charge in [0.25, 0.3) is 0 Å². The molecular formula is C14H23NO4S. The number of nitrogens with zero attached hydrogens (tertiary/aromatic N) is 1. The van der Waals surface area contributed by atoms with Crippen molar-refractivity contribution >= 4 is 10.0 Å². The highest BCUT2D eigenvalue weighted by molar-refractivity contribution is 7.89. The molecule has 0 saturated carbocycles. The highest BCUT2D eigenvalue weighted by Crippen LogP contribution is 2.31. The fraction of sp³-hybridized carbons (Fsp3) is 0.571. The lowest BCUT2D eigenvalue weighted by Gasteiger charge is -2.34. The summed E-state index contributed by atoms with van der Waals surface area (Å²) in [7, 11) is -0.665. The van der Waals surface area contributed by atoms with Gasteiger partial charge in [-0.3, -0.25) is 0 Å². The Labute approximate surface area is 121 Å². The molecule has 5 nitrogen and oxygen atoms in total. The van der Waals surface area contributed by atoms with Crippen LogP contribution in [-0.4, -0.2) is 37.5 Å². The fourth-order valence-corrected chi connectivity index (χ4v) is 3.43. The lowest BCUT2D eigenvalue weighted by atomic mass is 10.0. The average molecular weight is 301 g/mol. The maximum atomic E-state index is 12.7. The van der Waals surface area contributed by atoms with Crippen LogP contribution >= 0.6 is 0 Å². The largest absolute Gasteiger partial charge is 0.495 e. The molecule has 0 aromatic heterocycles. The van der Waals surface area contributed by atoms with E-state index in [-0.39, 0.29) is 17.3 Å². The molecule has 114 valence electrons. The SMILES string of the molecule is CCC(C)(C)N(C)S(=O)(=O)c1ccc(CO)cc1OC. The molecule has 0 spiro atoms. The Kier molecular flexibility index (Phi) is 5.18. The maximum absolute atomic E-state index is 12.7. The van der Waals surface area contributed by atoms with Gasteiger partial charge in [-0.25, -0.2) is 8.42 Å². The number of rotatable bonds is 6. The molecule has 0 heterocycles. The predicted octanol–water partition coefficient (Wildman–Crippen LogP) is 2.00. The summed E-state index contributed by atoms with van der Waals surface area (Å²) in [5.41, 5.74) is 0.123. The predicted molar refractivity (Wildman–Crippen MR) is 78.2 cm³/mol. The number of ether oxygens (including phenoxy) is 1. The normalized spacial score (nSPS) is 12.8. The number of aliphatic hydroxyl groups excluding tert-OH is 1. The molecule has 0 radical (unpaired) electrons. The molecule has 1 aromatic rings. The summed E-state index contributed by atoms with van der Waals surface area (Å²) >= 11 is 0. The highest BCUT2D eigenvalue weighted by Gasteiger charge is 2.34. The zero-order valence-electron chi connectivity index (χ0n) is 12.7. The fourth-order valence-electron chi connectivity index (χ4n) is 1.72. The van der Waals surface area contributed by atoms with Gasteiger partial charge in [0, 0.05) is 12.6 Å². The first-order valence-corrected chi connectivity index (χ1v) is 7.91. The summed E-state index contributed by atoms with van der Waals surface area (Å²) in [5, 5.41) is 9.11. The minimum absolute atomic E-state index is 0.112. The van der Waals surface area contributed by atoms with Gasteiger partial charge in [0.1, 0.15) is 10.6 Å². The van der Waals surface area contributed by atoms with Crippen molar-refractivity contribution in [2.24, 2.45) is 0 Å². The van der Waals surface area contributed by atoms with Gasteiger partial charge in [-0.15, -0.1) is 0 Å². The second-order valence-corrected chi connectivity index (χ2v) is 7.22. The standard InChI is InChI=1S/C14H23NO4S/c1-6-14(2,3)15(4)20(17,18)13-8-7-11(10-16)9-12(13)19-5/h7-9,16H,6,10H2,1-5H3. The summed E-state index contributed by atoms with van der Waals surface area (Å²) in [6.45, 7) is 5.53. The van der Waals surface area contributed by atoms with Crippen molar-refractivity contribution in [1.82, 2.24) is 4.31 Å². The van der Waals surface area contributed by atoms with E-state index in [1.807, 2.05) is 20.8 Å². The zero-order valence-corrected chi connectivity index (χ0v) is 13.5. The highest BCUT2D eigenvalue weighted by atomic mass is 32.2. The Balaban J connectivity index is 3.36. The molecule has 0 aliphatic heterocycles. The lowest BCUT2D eigenvalue weighted by Crippen LogP contribution is -2.44. The molecule has 0 aliphatic carbocycles. The van der Waals surface area contributed by atoms with E-state index < -0.39 is 15.6 Å². The first-order chi connectivity index (χ1) is 9.20. The van der Waals surface area contributed by atoms with Crippen LogP contribution in [0.25, 0.3) is 0 Å². The third kappa shape index (κ3) is 3.13. The number of aliphatic hydroxyl groups is 1. The molecule has 0 amide bonds. The summed E-state index contributed by atoms with van der Waals surface area (Å²) in [5.74, 6) is 0.246. The van der Waals surface area contributed by atoms with Gasteiger partial charge in [-0.05, 0) is 38.0 Å². The first kappa shape index (κ1) is 16.9. The molecule has 1 rings (SSSR count).